The first-order chi connectivity index (χ1) is 9.01. The summed E-state index contributed by atoms with van der Waals surface area (Å²) in [6.45, 7) is 4.03. The van der Waals surface area contributed by atoms with Crippen molar-refractivity contribution in [1.82, 2.24) is 20.1 Å². The van der Waals surface area contributed by atoms with Gasteiger partial charge >= 0.3 is 0 Å². The minimum atomic E-state index is 0.325. The third-order valence-electron chi connectivity index (χ3n) is 3.22. The first-order valence-corrected chi connectivity index (χ1v) is 7.53. The Hall–Kier alpha value is -0.910. The standard InChI is InChI=1S/C13H19ClN4S/c1-8-7-19-12(16-8)6-10(15-3)5-11-9(2)17-18(4)13(11)14/h7,10,15H,5-6H2,1-4H3. The molecule has 0 saturated carbocycles. The molecule has 0 radical (unpaired) electrons. The Morgan fingerprint density at radius 1 is 1.42 bits per heavy atom. The summed E-state index contributed by atoms with van der Waals surface area (Å²) in [5, 5.41) is 11.7. The van der Waals surface area contributed by atoms with Gasteiger partial charge in [-0.1, -0.05) is 11.6 Å². The van der Waals surface area contributed by atoms with E-state index in [0.29, 0.717) is 6.04 Å². The molecule has 104 valence electrons. The van der Waals surface area contributed by atoms with Crippen LogP contribution in [0.25, 0.3) is 0 Å². The maximum absolute atomic E-state index is 6.28. The van der Waals surface area contributed by atoms with Gasteiger partial charge in [-0.2, -0.15) is 5.10 Å². The van der Waals surface area contributed by atoms with Crippen LogP contribution in [0.2, 0.25) is 5.15 Å². The Kier molecular flexibility index (Phi) is 4.60. The van der Waals surface area contributed by atoms with Crippen molar-refractivity contribution in [1.29, 1.82) is 0 Å². The average molecular weight is 299 g/mol. The minimum Gasteiger partial charge on any atom is -0.316 e. The number of aromatic nitrogens is 3. The largest absolute Gasteiger partial charge is 0.316 e. The normalized spacial score (nSPS) is 12.9. The van der Waals surface area contributed by atoms with Crippen molar-refractivity contribution < 1.29 is 0 Å². The lowest BCUT2D eigenvalue weighted by Gasteiger charge is -2.14. The molecule has 0 aliphatic heterocycles. The summed E-state index contributed by atoms with van der Waals surface area (Å²) in [6, 6.07) is 0.325. The van der Waals surface area contributed by atoms with Crippen LogP contribution in [0.3, 0.4) is 0 Å². The Labute approximate surface area is 122 Å². The summed E-state index contributed by atoms with van der Waals surface area (Å²) >= 11 is 7.99. The Morgan fingerprint density at radius 3 is 2.63 bits per heavy atom. The predicted octanol–water partition coefficient (Wildman–Crippen LogP) is 2.52. The number of nitrogens with zero attached hydrogens (tertiary/aromatic N) is 3. The first-order valence-electron chi connectivity index (χ1n) is 6.27. The van der Waals surface area contributed by atoms with Crippen molar-refractivity contribution in [2.75, 3.05) is 7.05 Å². The van der Waals surface area contributed by atoms with Gasteiger partial charge in [0.2, 0.25) is 0 Å². The number of thiazole rings is 1. The molecule has 0 aliphatic carbocycles. The molecule has 0 amide bonds. The van der Waals surface area contributed by atoms with Crippen LogP contribution in [0.1, 0.15) is 22.0 Å². The van der Waals surface area contributed by atoms with Crippen LogP contribution in [-0.4, -0.2) is 27.9 Å². The molecule has 0 bridgehead atoms. The minimum absolute atomic E-state index is 0.325. The zero-order chi connectivity index (χ0) is 14.0. The molecule has 2 heterocycles. The maximum Gasteiger partial charge on any atom is 0.130 e. The van der Waals surface area contributed by atoms with Crippen LogP contribution >= 0.6 is 22.9 Å². The Balaban J connectivity index is 2.10. The van der Waals surface area contributed by atoms with Crippen molar-refractivity contribution in [3.8, 4) is 0 Å². The molecule has 0 spiro atoms. The predicted molar refractivity (Wildman–Crippen MR) is 80.1 cm³/mol. The van der Waals surface area contributed by atoms with Gasteiger partial charge in [0.1, 0.15) is 5.15 Å². The number of nitrogens with one attached hydrogen (secondary N) is 1. The van der Waals surface area contributed by atoms with Crippen LogP contribution in [0.4, 0.5) is 0 Å². The number of hydrogen-bond donors (Lipinski definition) is 1. The summed E-state index contributed by atoms with van der Waals surface area (Å²) in [5.41, 5.74) is 3.21. The molecule has 2 aromatic rings. The summed E-state index contributed by atoms with van der Waals surface area (Å²) in [5.74, 6) is 0. The summed E-state index contributed by atoms with van der Waals surface area (Å²) in [6.07, 6.45) is 1.79. The van der Waals surface area contributed by atoms with Crippen LogP contribution < -0.4 is 5.32 Å². The lowest BCUT2D eigenvalue weighted by molar-refractivity contribution is 0.553. The quantitative estimate of drug-likeness (QED) is 0.922. The van der Waals surface area contributed by atoms with Gasteiger partial charge in [-0.15, -0.1) is 11.3 Å². The molecule has 0 saturated heterocycles. The zero-order valence-corrected chi connectivity index (χ0v) is 13.3. The smallest absolute Gasteiger partial charge is 0.130 e. The highest BCUT2D eigenvalue weighted by molar-refractivity contribution is 7.09. The molecule has 6 heteroatoms. The first kappa shape index (κ1) is 14.5. The van der Waals surface area contributed by atoms with Crippen LogP contribution in [-0.2, 0) is 19.9 Å². The van der Waals surface area contributed by atoms with Gasteiger partial charge in [0.25, 0.3) is 0 Å². The monoisotopic (exact) mass is 298 g/mol. The van der Waals surface area contributed by atoms with Crippen LogP contribution in [0.5, 0.6) is 0 Å². The van der Waals surface area contributed by atoms with E-state index in [1.165, 1.54) is 0 Å². The molecule has 4 nitrogen and oxygen atoms in total. The Morgan fingerprint density at radius 2 is 2.16 bits per heavy atom. The third-order valence-corrected chi connectivity index (χ3v) is 4.68. The fourth-order valence-corrected chi connectivity index (χ4v) is 3.24. The lowest BCUT2D eigenvalue weighted by atomic mass is 10.0. The molecule has 0 fully saturated rings. The number of hydrogen-bond acceptors (Lipinski definition) is 4. The highest BCUT2D eigenvalue weighted by Gasteiger charge is 2.17. The summed E-state index contributed by atoms with van der Waals surface area (Å²) in [7, 11) is 3.85. The van der Waals surface area contributed by atoms with Gasteiger partial charge in [-0.25, -0.2) is 4.98 Å². The zero-order valence-electron chi connectivity index (χ0n) is 11.7. The lowest BCUT2D eigenvalue weighted by Crippen LogP contribution is -2.30. The molecular formula is C13H19ClN4S. The van der Waals surface area contributed by atoms with E-state index in [1.54, 1.807) is 16.0 Å². The van der Waals surface area contributed by atoms with Crippen molar-refractivity contribution in [3.63, 3.8) is 0 Å². The molecule has 2 rings (SSSR count). The van der Waals surface area contributed by atoms with E-state index in [1.807, 2.05) is 27.9 Å². The second-order valence-corrected chi connectivity index (χ2v) is 6.06. The van der Waals surface area contributed by atoms with Crippen molar-refractivity contribution in [2.24, 2.45) is 7.05 Å². The van der Waals surface area contributed by atoms with E-state index < -0.39 is 0 Å². The third kappa shape index (κ3) is 3.35. The van der Waals surface area contributed by atoms with Crippen LogP contribution in [0, 0.1) is 13.8 Å². The van der Waals surface area contributed by atoms with E-state index in [-0.39, 0.29) is 0 Å². The van der Waals surface area contributed by atoms with E-state index in [4.69, 9.17) is 11.6 Å². The van der Waals surface area contributed by atoms with Gasteiger partial charge in [-0.3, -0.25) is 4.68 Å². The van der Waals surface area contributed by atoms with Crippen LogP contribution in [0.15, 0.2) is 5.38 Å². The molecule has 1 atom stereocenters. The number of halogens is 1. The maximum atomic E-state index is 6.28. The molecule has 1 unspecified atom stereocenters. The van der Waals surface area contributed by atoms with Crippen molar-refractivity contribution in [2.45, 2.75) is 32.7 Å². The van der Waals surface area contributed by atoms with E-state index in [2.05, 4.69) is 20.8 Å². The van der Waals surface area contributed by atoms with E-state index in [9.17, 15) is 0 Å². The summed E-state index contributed by atoms with van der Waals surface area (Å²) in [4.78, 5) is 4.51. The molecule has 0 aromatic carbocycles. The molecule has 2 aromatic heterocycles. The Bertz CT molecular complexity index is 561. The van der Waals surface area contributed by atoms with Crippen molar-refractivity contribution in [3.05, 3.63) is 32.5 Å². The van der Waals surface area contributed by atoms with Gasteiger partial charge in [-0.05, 0) is 27.3 Å². The highest BCUT2D eigenvalue weighted by Crippen LogP contribution is 2.21. The second-order valence-electron chi connectivity index (χ2n) is 4.75. The molecule has 1 N–H and O–H groups in total. The second kappa shape index (κ2) is 6.03. The van der Waals surface area contributed by atoms with Gasteiger partial charge < -0.3 is 5.32 Å². The highest BCUT2D eigenvalue weighted by atomic mass is 35.5. The van der Waals surface area contributed by atoms with Gasteiger partial charge in [0.05, 0.1) is 10.7 Å². The number of rotatable bonds is 5. The fourth-order valence-electron chi connectivity index (χ4n) is 2.14. The summed E-state index contributed by atoms with van der Waals surface area (Å²) < 4.78 is 1.73. The van der Waals surface area contributed by atoms with Crippen molar-refractivity contribution >= 4 is 22.9 Å². The SMILES string of the molecule is CNC(Cc1nc(C)cs1)Cc1c(C)nn(C)c1Cl. The van der Waals surface area contributed by atoms with E-state index in [0.717, 1.165) is 40.0 Å². The number of likely N-dealkylation sites (N-methyl/N-ethyl adjacent to an activating group) is 1. The topological polar surface area (TPSA) is 42.7 Å². The molecule has 0 aliphatic rings. The fraction of sp³-hybridized carbons (Fsp3) is 0.538. The average Bonchev–Trinajstić information content (AvgIpc) is 2.87. The number of aryl methyl sites for hydroxylation is 3. The van der Waals surface area contributed by atoms with E-state index >= 15 is 0 Å². The van der Waals surface area contributed by atoms with Gasteiger partial charge in [0.15, 0.2) is 0 Å². The molecule has 19 heavy (non-hydrogen) atoms. The van der Waals surface area contributed by atoms with Gasteiger partial charge in [0, 0.05) is 36.1 Å². The molecular weight excluding hydrogens is 280 g/mol.